The van der Waals surface area contributed by atoms with Gasteiger partial charge in [0, 0.05) is 0 Å². The molecule has 71 valence electrons. The van der Waals surface area contributed by atoms with E-state index in [-0.39, 0.29) is 12.2 Å². The number of rotatable bonds is 1. The van der Waals surface area contributed by atoms with Crippen molar-refractivity contribution in [3.63, 3.8) is 0 Å². The minimum Gasteiger partial charge on any atom is -0.344 e. The van der Waals surface area contributed by atoms with Crippen molar-refractivity contribution < 1.29 is 9.47 Å². The Kier molecular flexibility index (Phi) is 2.18. The van der Waals surface area contributed by atoms with Crippen molar-refractivity contribution in [1.29, 1.82) is 0 Å². The van der Waals surface area contributed by atoms with Crippen LogP contribution in [-0.4, -0.2) is 11.9 Å². The van der Waals surface area contributed by atoms with Gasteiger partial charge in [0.2, 0.25) is 0 Å². The average molecular weight is 197 g/mol. The van der Waals surface area contributed by atoms with Gasteiger partial charge in [-0.15, -0.1) is 0 Å². The van der Waals surface area contributed by atoms with Crippen molar-refractivity contribution in [3.05, 3.63) is 29.3 Å². The Bertz CT molecular complexity index is 279. The van der Waals surface area contributed by atoms with Crippen molar-refractivity contribution in [1.82, 2.24) is 0 Å². The molecule has 1 saturated heterocycles. The molecule has 0 amide bonds. The molecule has 0 aliphatic carbocycles. The van der Waals surface area contributed by atoms with E-state index < -0.39 is 5.79 Å². The predicted molar refractivity (Wildman–Crippen MR) is 52.5 cm³/mol. The molecule has 1 aliphatic rings. The average Bonchev–Trinajstić information content (AvgIpc) is 2.56. The van der Waals surface area contributed by atoms with E-state index in [1.54, 1.807) is 11.3 Å². The van der Waals surface area contributed by atoms with E-state index in [2.05, 4.69) is 18.4 Å². The van der Waals surface area contributed by atoms with Crippen LogP contribution in [0.3, 0.4) is 0 Å². The smallest absolute Gasteiger partial charge is 0.164 e. The molecule has 2 rings (SSSR count). The molecule has 2 atom stereocenters. The maximum Gasteiger partial charge on any atom is 0.164 e. The third-order valence-electron chi connectivity index (χ3n) is 2.06. The highest BCUT2D eigenvalue weighted by Crippen LogP contribution is 2.38. The van der Waals surface area contributed by atoms with Crippen molar-refractivity contribution in [3.8, 4) is 0 Å². The topological polar surface area (TPSA) is 18.5 Å². The van der Waals surface area contributed by atoms with Gasteiger partial charge in [-0.3, -0.25) is 0 Å². The lowest BCUT2D eigenvalue weighted by molar-refractivity contribution is -0.143. The molecule has 1 aromatic heterocycles. The maximum absolute atomic E-state index is 5.73. The summed E-state index contributed by atoms with van der Waals surface area (Å²) in [4.78, 5) is 0. The summed E-state index contributed by atoms with van der Waals surface area (Å²) in [7, 11) is 0. The molecule has 1 radical (unpaired) electrons. The van der Waals surface area contributed by atoms with E-state index >= 15 is 0 Å². The molecule has 3 heteroatoms. The van der Waals surface area contributed by atoms with Crippen LogP contribution in [-0.2, 0) is 9.47 Å². The summed E-state index contributed by atoms with van der Waals surface area (Å²) < 4.78 is 11.3. The summed E-state index contributed by atoms with van der Waals surface area (Å²) in [6.45, 7) is 7.76. The molecular formula is C10H13O2S. The lowest BCUT2D eigenvalue weighted by Gasteiger charge is -2.16. The summed E-state index contributed by atoms with van der Waals surface area (Å²) in [6, 6.07) is 2.05. The fourth-order valence-electron chi connectivity index (χ4n) is 1.56. The Labute approximate surface area is 82.5 Å². The van der Waals surface area contributed by atoms with Gasteiger partial charge in [0.1, 0.15) is 6.10 Å². The Balaban J connectivity index is 2.19. The lowest BCUT2D eigenvalue weighted by Crippen LogP contribution is -2.20. The first-order valence-electron chi connectivity index (χ1n) is 4.29. The van der Waals surface area contributed by atoms with Gasteiger partial charge in [0.05, 0.1) is 6.10 Å². The molecule has 1 aliphatic heterocycles. The van der Waals surface area contributed by atoms with Gasteiger partial charge in [0.15, 0.2) is 5.79 Å². The summed E-state index contributed by atoms with van der Waals surface area (Å²) in [5, 5.41) is 4.12. The molecule has 0 saturated carbocycles. The molecule has 0 N–H and O–H groups in total. The van der Waals surface area contributed by atoms with Crippen molar-refractivity contribution in [2.75, 3.05) is 0 Å². The molecule has 1 fully saturated rings. The van der Waals surface area contributed by atoms with E-state index in [1.807, 2.05) is 19.2 Å². The van der Waals surface area contributed by atoms with Crippen LogP contribution in [0, 0.1) is 6.92 Å². The van der Waals surface area contributed by atoms with E-state index in [0.717, 1.165) is 5.56 Å². The quantitative estimate of drug-likeness (QED) is 0.689. The second kappa shape index (κ2) is 3.08. The van der Waals surface area contributed by atoms with Crippen molar-refractivity contribution >= 4 is 11.3 Å². The molecule has 13 heavy (non-hydrogen) atoms. The van der Waals surface area contributed by atoms with Crippen LogP contribution in [0.1, 0.15) is 25.5 Å². The molecule has 1 aromatic rings. The first-order chi connectivity index (χ1) is 6.08. The summed E-state index contributed by atoms with van der Waals surface area (Å²) in [5.41, 5.74) is 1.16. The highest BCUT2D eigenvalue weighted by atomic mass is 32.1. The largest absolute Gasteiger partial charge is 0.344 e. The summed E-state index contributed by atoms with van der Waals surface area (Å²) in [6.07, 6.45) is -0.120. The van der Waals surface area contributed by atoms with Crippen LogP contribution in [0.2, 0.25) is 0 Å². The number of hydrogen-bond donors (Lipinski definition) is 0. The van der Waals surface area contributed by atoms with Crippen LogP contribution < -0.4 is 0 Å². The minimum absolute atomic E-state index is 0.0127. The molecular weight excluding hydrogens is 184 g/mol. The Morgan fingerprint density at radius 3 is 2.69 bits per heavy atom. The van der Waals surface area contributed by atoms with Crippen LogP contribution in [0.4, 0.5) is 0 Å². The summed E-state index contributed by atoms with van der Waals surface area (Å²) >= 11 is 1.67. The molecule has 0 aromatic carbocycles. The monoisotopic (exact) mass is 197 g/mol. The Morgan fingerprint density at radius 2 is 2.23 bits per heavy atom. The fraction of sp³-hybridized carbons (Fsp3) is 0.500. The lowest BCUT2D eigenvalue weighted by atomic mass is 10.1. The van der Waals surface area contributed by atoms with E-state index in [9.17, 15) is 0 Å². The second-order valence-corrected chi connectivity index (χ2v) is 4.43. The third kappa shape index (κ3) is 1.77. The van der Waals surface area contributed by atoms with Crippen molar-refractivity contribution in [2.24, 2.45) is 0 Å². The van der Waals surface area contributed by atoms with Gasteiger partial charge < -0.3 is 9.47 Å². The normalized spacial score (nSPS) is 32.2. The van der Waals surface area contributed by atoms with E-state index in [1.165, 1.54) is 0 Å². The number of thiophene rings is 1. The Morgan fingerprint density at radius 1 is 1.46 bits per heavy atom. The van der Waals surface area contributed by atoms with Gasteiger partial charge >= 0.3 is 0 Å². The molecule has 2 nitrogen and oxygen atoms in total. The van der Waals surface area contributed by atoms with Crippen LogP contribution in [0.5, 0.6) is 0 Å². The standard InChI is InChI=1S/C10H13O2S/c1-7-9(8-4-5-13-6-8)12-10(2,3)11-7/h4-7,9H,1H2,2-3H3. The zero-order valence-corrected chi connectivity index (χ0v) is 8.64. The minimum atomic E-state index is -0.501. The van der Waals surface area contributed by atoms with Gasteiger partial charge in [-0.1, -0.05) is 0 Å². The van der Waals surface area contributed by atoms with Crippen molar-refractivity contribution in [2.45, 2.75) is 31.8 Å². The van der Waals surface area contributed by atoms with Crippen LogP contribution >= 0.6 is 11.3 Å². The molecule has 0 spiro atoms. The molecule has 2 unspecified atom stereocenters. The third-order valence-corrected chi connectivity index (χ3v) is 2.76. The highest BCUT2D eigenvalue weighted by Gasteiger charge is 2.39. The van der Waals surface area contributed by atoms with Crippen LogP contribution in [0.25, 0.3) is 0 Å². The van der Waals surface area contributed by atoms with Gasteiger partial charge in [-0.05, 0) is 43.2 Å². The van der Waals surface area contributed by atoms with Crippen LogP contribution in [0.15, 0.2) is 16.8 Å². The SMILES string of the molecule is [CH2]C1OC(C)(C)OC1c1ccsc1. The maximum atomic E-state index is 5.73. The fourth-order valence-corrected chi connectivity index (χ4v) is 2.24. The van der Waals surface area contributed by atoms with Gasteiger partial charge in [0.25, 0.3) is 0 Å². The highest BCUT2D eigenvalue weighted by molar-refractivity contribution is 7.07. The zero-order valence-electron chi connectivity index (χ0n) is 7.82. The van der Waals surface area contributed by atoms with Gasteiger partial charge in [-0.25, -0.2) is 0 Å². The Hall–Kier alpha value is -0.380. The predicted octanol–water partition coefficient (Wildman–Crippen LogP) is 2.77. The van der Waals surface area contributed by atoms with E-state index in [0.29, 0.717) is 0 Å². The van der Waals surface area contributed by atoms with Gasteiger partial charge in [-0.2, -0.15) is 11.3 Å². The summed E-state index contributed by atoms with van der Waals surface area (Å²) in [5.74, 6) is -0.501. The first-order valence-corrected chi connectivity index (χ1v) is 5.23. The van der Waals surface area contributed by atoms with E-state index in [4.69, 9.17) is 9.47 Å². The number of hydrogen-bond acceptors (Lipinski definition) is 3. The molecule has 0 bridgehead atoms. The zero-order chi connectivity index (χ0) is 9.47. The first kappa shape index (κ1) is 9.19. The number of ether oxygens (including phenoxy) is 2. The molecule has 2 heterocycles. The second-order valence-electron chi connectivity index (χ2n) is 3.65.